The molecule has 1 amide bonds. The third-order valence-corrected chi connectivity index (χ3v) is 3.26. The minimum atomic E-state index is -5.08. The van der Waals surface area contributed by atoms with E-state index in [0.717, 1.165) is 25.7 Å². The Kier molecular flexibility index (Phi) is 8.59. The number of carboxylic acids is 1. The van der Waals surface area contributed by atoms with Gasteiger partial charge in [0.15, 0.2) is 0 Å². The molecular weight excluding hydrogens is 321 g/mol. The van der Waals surface area contributed by atoms with Crippen molar-refractivity contribution in [2.24, 2.45) is 11.7 Å². The van der Waals surface area contributed by atoms with Crippen LogP contribution in [0.5, 0.6) is 0 Å². The number of nitrogens with one attached hydrogen (secondary N) is 1. The second-order valence-corrected chi connectivity index (χ2v) is 5.17. The Labute approximate surface area is 131 Å². The molecule has 0 aromatic carbocycles. The molecule has 0 radical (unpaired) electrons. The number of nitrogens with two attached hydrogens (primary N) is 1. The fourth-order valence-electron chi connectivity index (χ4n) is 1.97. The molecule has 0 heterocycles. The van der Waals surface area contributed by atoms with Gasteiger partial charge in [0.1, 0.15) is 0 Å². The van der Waals surface area contributed by atoms with Crippen LogP contribution in [0.2, 0.25) is 0 Å². The minimum Gasteiger partial charge on any atom is -0.475 e. The highest BCUT2D eigenvalue weighted by atomic mass is 19.4. The van der Waals surface area contributed by atoms with E-state index in [9.17, 15) is 22.8 Å². The Morgan fingerprint density at radius 3 is 1.96 bits per heavy atom. The molecule has 1 saturated carbocycles. The highest BCUT2D eigenvalue weighted by Gasteiger charge is 2.38. The van der Waals surface area contributed by atoms with Crippen molar-refractivity contribution < 1.29 is 37.4 Å². The monoisotopic (exact) mass is 342 g/mol. The molecular formula is C13H21F3N2O5. The lowest BCUT2D eigenvalue weighted by Crippen LogP contribution is -2.45. The first-order chi connectivity index (χ1) is 10.5. The van der Waals surface area contributed by atoms with Crippen LogP contribution >= 0.6 is 0 Å². The van der Waals surface area contributed by atoms with Crippen LogP contribution in [0.3, 0.4) is 0 Å². The maximum Gasteiger partial charge on any atom is 0.490 e. The predicted octanol–water partition coefficient (Wildman–Crippen LogP) is 0.815. The molecule has 134 valence electrons. The summed E-state index contributed by atoms with van der Waals surface area (Å²) in [6.07, 6.45) is -1.90. The summed E-state index contributed by atoms with van der Waals surface area (Å²) in [5.41, 5.74) is 5.46. The summed E-state index contributed by atoms with van der Waals surface area (Å²) < 4.78 is 36.4. The zero-order chi connectivity index (χ0) is 18.2. The standard InChI is InChI=1S/C11H20N2O3.C2HF3O2/c1-7(12)10(14)13-9-5-3-8(4-6-9)11(15)16-2;3-2(4,5)1(6)7/h7-9H,3-6,12H2,1-2H3,(H,13,14);(H,6,7)/t7-,8?,9?;/m0./s1. The molecule has 0 aromatic heterocycles. The zero-order valence-electron chi connectivity index (χ0n) is 12.9. The van der Waals surface area contributed by atoms with Crippen molar-refractivity contribution in [1.29, 1.82) is 0 Å². The number of carboxylic acid groups (broad SMARTS) is 1. The van der Waals surface area contributed by atoms with Crippen LogP contribution in [0.25, 0.3) is 0 Å². The first-order valence-corrected chi connectivity index (χ1v) is 6.93. The average Bonchev–Trinajstić information content (AvgIpc) is 2.46. The number of methoxy groups -OCH3 is 1. The minimum absolute atomic E-state index is 0.00606. The van der Waals surface area contributed by atoms with Gasteiger partial charge >= 0.3 is 18.1 Å². The van der Waals surface area contributed by atoms with E-state index in [1.165, 1.54) is 7.11 Å². The lowest BCUT2D eigenvalue weighted by molar-refractivity contribution is -0.192. The molecule has 1 aliphatic carbocycles. The van der Waals surface area contributed by atoms with Crippen LogP contribution in [0.1, 0.15) is 32.6 Å². The number of halogens is 3. The largest absolute Gasteiger partial charge is 0.490 e. The van der Waals surface area contributed by atoms with Crippen LogP contribution < -0.4 is 11.1 Å². The van der Waals surface area contributed by atoms with Gasteiger partial charge in [-0.25, -0.2) is 4.79 Å². The van der Waals surface area contributed by atoms with E-state index in [4.69, 9.17) is 20.4 Å². The molecule has 1 fully saturated rings. The SMILES string of the molecule is COC(=O)C1CCC(NC(=O)[C@H](C)N)CC1.O=C(O)C(F)(F)F. The summed E-state index contributed by atoms with van der Waals surface area (Å²) in [6.45, 7) is 1.66. The highest BCUT2D eigenvalue weighted by Crippen LogP contribution is 2.25. The number of hydrogen-bond donors (Lipinski definition) is 3. The Morgan fingerprint density at radius 1 is 1.22 bits per heavy atom. The molecule has 0 saturated heterocycles. The summed E-state index contributed by atoms with van der Waals surface area (Å²) in [7, 11) is 1.41. The van der Waals surface area contributed by atoms with Gasteiger partial charge in [-0.05, 0) is 32.6 Å². The van der Waals surface area contributed by atoms with Gasteiger partial charge in [0.2, 0.25) is 5.91 Å². The van der Waals surface area contributed by atoms with E-state index in [-0.39, 0.29) is 23.8 Å². The van der Waals surface area contributed by atoms with Gasteiger partial charge in [-0.2, -0.15) is 13.2 Å². The summed E-state index contributed by atoms with van der Waals surface area (Å²) in [6, 6.07) is -0.322. The van der Waals surface area contributed by atoms with Gasteiger partial charge < -0.3 is 20.9 Å². The molecule has 1 rings (SSSR count). The fraction of sp³-hybridized carbons (Fsp3) is 0.769. The molecule has 7 nitrogen and oxygen atoms in total. The van der Waals surface area contributed by atoms with Gasteiger partial charge in [0, 0.05) is 6.04 Å². The Morgan fingerprint density at radius 2 is 1.65 bits per heavy atom. The van der Waals surface area contributed by atoms with Crippen molar-refractivity contribution in [2.45, 2.75) is 50.9 Å². The van der Waals surface area contributed by atoms with E-state index >= 15 is 0 Å². The summed E-state index contributed by atoms with van der Waals surface area (Å²) >= 11 is 0. The van der Waals surface area contributed by atoms with Crippen LogP contribution in [0.15, 0.2) is 0 Å². The van der Waals surface area contributed by atoms with Gasteiger partial charge in [-0.1, -0.05) is 0 Å². The number of rotatable bonds is 3. The molecule has 0 spiro atoms. The third kappa shape index (κ3) is 8.38. The molecule has 1 atom stereocenters. The smallest absolute Gasteiger partial charge is 0.475 e. The zero-order valence-corrected chi connectivity index (χ0v) is 12.9. The van der Waals surface area contributed by atoms with Crippen molar-refractivity contribution in [3.8, 4) is 0 Å². The maximum absolute atomic E-state index is 11.4. The second kappa shape index (κ2) is 9.33. The first-order valence-electron chi connectivity index (χ1n) is 6.93. The second-order valence-electron chi connectivity index (χ2n) is 5.17. The maximum atomic E-state index is 11.4. The number of aliphatic carboxylic acids is 1. The van der Waals surface area contributed by atoms with Gasteiger partial charge in [0.25, 0.3) is 0 Å². The Balaban J connectivity index is 0.000000585. The average molecular weight is 342 g/mol. The quantitative estimate of drug-likeness (QED) is 0.653. The molecule has 0 aromatic rings. The number of carbonyl (C=O) groups is 3. The summed E-state index contributed by atoms with van der Waals surface area (Å²) in [5.74, 6) is -3.03. The Hall–Kier alpha value is -1.84. The van der Waals surface area contributed by atoms with Crippen LogP contribution in [-0.4, -0.2) is 48.3 Å². The molecule has 0 unspecified atom stereocenters. The van der Waals surface area contributed by atoms with Crippen LogP contribution in [0, 0.1) is 5.92 Å². The lowest BCUT2D eigenvalue weighted by atomic mass is 9.86. The van der Waals surface area contributed by atoms with Crippen molar-refractivity contribution in [3.63, 3.8) is 0 Å². The molecule has 23 heavy (non-hydrogen) atoms. The lowest BCUT2D eigenvalue weighted by Gasteiger charge is -2.28. The molecule has 0 bridgehead atoms. The van der Waals surface area contributed by atoms with Crippen LogP contribution in [0.4, 0.5) is 13.2 Å². The predicted molar refractivity (Wildman–Crippen MR) is 73.2 cm³/mol. The number of amides is 1. The van der Waals surface area contributed by atoms with Crippen LogP contribution in [-0.2, 0) is 19.1 Å². The van der Waals surface area contributed by atoms with E-state index < -0.39 is 18.2 Å². The van der Waals surface area contributed by atoms with Gasteiger partial charge in [-0.3, -0.25) is 9.59 Å². The normalized spacial score (nSPS) is 22.2. The number of alkyl halides is 3. The fourth-order valence-corrected chi connectivity index (χ4v) is 1.97. The van der Waals surface area contributed by atoms with Gasteiger partial charge in [0.05, 0.1) is 19.1 Å². The number of esters is 1. The Bertz CT molecular complexity index is 418. The van der Waals surface area contributed by atoms with E-state index in [2.05, 4.69) is 5.32 Å². The molecule has 0 aliphatic heterocycles. The molecule has 1 aliphatic rings. The number of ether oxygens (including phenoxy) is 1. The number of carbonyl (C=O) groups excluding carboxylic acids is 2. The van der Waals surface area contributed by atoms with Crippen molar-refractivity contribution in [3.05, 3.63) is 0 Å². The van der Waals surface area contributed by atoms with Crippen molar-refractivity contribution in [1.82, 2.24) is 5.32 Å². The van der Waals surface area contributed by atoms with E-state index in [1.54, 1.807) is 6.92 Å². The molecule has 10 heteroatoms. The topological polar surface area (TPSA) is 119 Å². The van der Waals surface area contributed by atoms with E-state index in [1.807, 2.05) is 0 Å². The van der Waals surface area contributed by atoms with Gasteiger partial charge in [-0.15, -0.1) is 0 Å². The first kappa shape index (κ1) is 21.2. The van der Waals surface area contributed by atoms with E-state index in [0.29, 0.717) is 0 Å². The summed E-state index contributed by atoms with van der Waals surface area (Å²) in [5, 5.41) is 10.0. The van der Waals surface area contributed by atoms with Crippen molar-refractivity contribution in [2.75, 3.05) is 7.11 Å². The molecule has 4 N–H and O–H groups in total. The summed E-state index contributed by atoms with van der Waals surface area (Å²) in [4.78, 5) is 31.5. The van der Waals surface area contributed by atoms with Crippen molar-refractivity contribution >= 4 is 17.8 Å². The number of hydrogen-bond acceptors (Lipinski definition) is 5. The third-order valence-electron chi connectivity index (χ3n) is 3.26. The highest BCUT2D eigenvalue weighted by molar-refractivity contribution is 5.81.